The van der Waals surface area contributed by atoms with Crippen molar-refractivity contribution in [2.75, 3.05) is 0 Å². The van der Waals surface area contributed by atoms with Crippen molar-refractivity contribution in [1.82, 2.24) is 9.97 Å². The van der Waals surface area contributed by atoms with E-state index in [1.807, 2.05) is 18.2 Å². The molecule has 276 valence electrons. The summed E-state index contributed by atoms with van der Waals surface area (Å²) in [5, 5.41) is 2.33. The van der Waals surface area contributed by atoms with Gasteiger partial charge in [-0.2, -0.15) is 0 Å². The highest BCUT2D eigenvalue weighted by molar-refractivity contribution is 6.05. The highest BCUT2D eigenvalue weighted by atomic mass is 14.9. The molecule has 10 aromatic rings. The van der Waals surface area contributed by atoms with E-state index in [1.165, 1.54) is 61.0 Å². The average molecular weight is 751 g/mol. The molecule has 0 radical (unpaired) electrons. The maximum absolute atomic E-state index is 5.26. The van der Waals surface area contributed by atoms with Gasteiger partial charge in [-0.15, -0.1) is 0 Å². The van der Waals surface area contributed by atoms with Crippen LogP contribution in [0.25, 0.3) is 78.1 Å². The molecule has 0 fully saturated rings. The summed E-state index contributed by atoms with van der Waals surface area (Å²) in [6, 6.07) is 83.0. The minimum absolute atomic E-state index is 0.468. The monoisotopic (exact) mass is 750 g/mol. The van der Waals surface area contributed by atoms with Gasteiger partial charge in [0.25, 0.3) is 0 Å². The van der Waals surface area contributed by atoms with E-state index in [1.54, 1.807) is 0 Å². The van der Waals surface area contributed by atoms with Crippen molar-refractivity contribution in [3.8, 4) is 67.3 Å². The van der Waals surface area contributed by atoms with Crippen molar-refractivity contribution in [3.63, 3.8) is 0 Å². The van der Waals surface area contributed by atoms with Gasteiger partial charge in [0.05, 0.1) is 16.8 Å². The van der Waals surface area contributed by atoms with Crippen LogP contribution in [0.1, 0.15) is 22.3 Å². The summed E-state index contributed by atoms with van der Waals surface area (Å²) < 4.78 is 0. The van der Waals surface area contributed by atoms with E-state index in [-0.39, 0.29) is 0 Å². The van der Waals surface area contributed by atoms with Crippen LogP contribution in [0.2, 0.25) is 0 Å². The van der Waals surface area contributed by atoms with Crippen LogP contribution in [-0.4, -0.2) is 9.97 Å². The normalized spacial score (nSPS) is 12.5. The Hall–Kier alpha value is -7.68. The Morgan fingerprint density at radius 3 is 1.41 bits per heavy atom. The minimum Gasteiger partial charge on any atom is -0.228 e. The molecule has 1 aromatic heterocycles. The first kappa shape index (κ1) is 34.6. The molecule has 1 aliphatic rings. The quantitative estimate of drug-likeness (QED) is 0.162. The van der Waals surface area contributed by atoms with Gasteiger partial charge in [0, 0.05) is 16.7 Å². The van der Waals surface area contributed by atoms with Gasteiger partial charge in [-0.3, -0.25) is 0 Å². The van der Waals surface area contributed by atoms with Gasteiger partial charge in [-0.1, -0.05) is 218 Å². The Morgan fingerprint density at radius 1 is 0.271 bits per heavy atom. The number of nitrogens with zero attached hydrogens (tertiary/aromatic N) is 2. The Labute approximate surface area is 344 Å². The van der Waals surface area contributed by atoms with Crippen LogP contribution in [-0.2, 0) is 5.41 Å². The van der Waals surface area contributed by atoms with Gasteiger partial charge in [-0.25, -0.2) is 9.97 Å². The van der Waals surface area contributed by atoms with Gasteiger partial charge in [-0.05, 0) is 78.5 Å². The summed E-state index contributed by atoms with van der Waals surface area (Å²) in [4.78, 5) is 10.4. The maximum atomic E-state index is 5.26. The highest BCUT2D eigenvalue weighted by Crippen LogP contribution is 2.57. The van der Waals surface area contributed by atoms with Crippen molar-refractivity contribution in [3.05, 3.63) is 253 Å². The van der Waals surface area contributed by atoms with Crippen LogP contribution in [0.4, 0.5) is 0 Å². The molecule has 0 bridgehead atoms. The summed E-state index contributed by atoms with van der Waals surface area (Å²) >= 11 is 0. The molecule has 1 aliphatic carbocycles. The Kier molecular flexibility index (Phi) is 8.41. The first-order chi connectivity index (χ1) is 29.3. The summed E-state index contributed by atoms with van der Waals surface area (Å²) in [5.41, 5.74) is 16.8. The zero-order valence-corrected chi connectivity index (χ0v) is 32.3. The largest absolute Gasteiger partial charge is 0.228 e. The number of fused-ring (bicyclic) bond motifs is 4. The number of hydrogen-bond donors (Lipinski definition) is 0. The first-order valence-corrected chi connectivity index (χ1v) is 20.2. The highest BCUT2D eigenvalue weighted by Gasteiger charge is 2.46. The molecule has 9 aromatic carbocycles. The predicted molar refractivity (Wildman–Crippen MR) is 244 cm³/mol. The molecule has 0 atom stereocenters. The Balaban J connectivity index is 1.08. The van der Waals surface area contributed by atoms with Crippen molar-refractivity contribution in [2.45, 2.75) is 5.41 Å². The van der Waals surface area contributed by atoms with E-state index in [0.717, 1.165) is 33.5 Å². The smallest absolute Gasteiger partial charge is 0.160 e. The fourth-order valence-corrected chi connectivity index (χ4v) is 9.30. The van der Waals surface area contributed by atoms with Crippen LogP contribution in [0.5, 0.6) is 0 Å². The lowest BCUT2D eigenvalue weighted by atomic mass is 9.67. The molecular weight excluding hydrogens is 713 g/mol. The van der Waals surface area contributed by atoms with E-state index in [9.17, 15) is 0 Å². The summed E-state index contributed by atoms with van der Waals surface area (Å²) in [5.74, 6) is 0.703. The number of aromatic nitrogens is 2. The topological polar surface area (TPSA) is 25.8 Å². The van der Waals surface area contributed by atoms with Crippen LogP contribution in [0.15, 0.2) is 231 Å². The number of benzene rings is 9. The fourth-order valence-electron chi connectivity index (χ4n) is 9.30. The van der Waals surface area contributed by atoms with Crippen LogP contribution in [0, 0.1) is 0 Å². The number of hydrogen-bond acceptors (Lipinski definition) is 2. The summed E-state index contributed by atoms with van der Waals surface area (Å²) in [6.45, 7) is 0. The average Bonchev–Trinajstić information content (AvgIpc) is 3.62. The fraction of sp³-hybridized carbons (Fsp3) is 0.0175. The summed E-state index contributed by atoms with van der Waals surface area (Å²) in [6.07, 6.45) is 0. The SMILES string of the molecule is c1ccc(-c2ccc(-c3cc(-c4ccc(-c5ccc6c(c5)C(c5ccccc5)(c5ccccc5)c5ccccc5-6)c5ccccc45)nc(-c4ccccc4)n3)cc2)cc1. The van der Waals surface area contributed by atoms with Gasteiger partial charge < -0.3 is 0 Å². The Bertz CT molecular complexity index is 3080. The second-order valence-corrected chi connectivity index (χ2v) is 15.3. The molecule has 0 saturated heterocycles. The molecule has 1 heterocycles. The molecule has 0 unspecified atom stereocenters. The molecule has 0 N–H and O–H groups in total. The zero-order chi connectivity index (χ0) is 39.2. The lowest BCUT2D eigenvalue weighted by molar-refractivity contribution is 0.769. The molecule has 0 spiro atoms. The molecule has 0 saturated carbocycles. The standard InChI is InChI=1S/C57H38N2/c1-5-17-39(18-6-1)40-29-31-41(32-30-40)54-38-55(59-56(58-54)42-19-7-2-8-20-42)51-36-35-46(47-25-13-14-26-48(47)51)43-33-34-50-49-27-15-16-28-52(49)57(53(50)37-43,44-21-9-3-10-22-44)45-23-11-4-12-24-45/h1-38H. The van der Waals surface area contributed by atoms with Crippen LogP contribution in [0.3, 0.4) is 0 Å². The summed E-state index contributed by atoms with van der Waals surface area (Å²) in [7, 11) is 0. The third kappa shape index (κ3) is 5.80. The van der Waals surface area contributed by atoms with Crippen LogP contribution >= 0.6 is 0 Å². The van der Waals surface area contributed by atoms with Crippen LogP contribution < -0.4 is 0 Å². The predicted octanol–water partition coefficient (Wildman–Crippen LogP) is 14.3. The zero-order valence-electron chi connectivity index (χ0n) is 32.3. The molecule has 0 amide bonds. The van der Waals surface area contributed by atoms with Gasteiger partial charge in [0.15, 0.2) is 5.82 Å². The van der Waals surface area contributed by atoms with Crippen molar-refractivity contribution in [2.24, 2.45) is 0 Å². The second-order valence-electron chi connectivity index (χ2n) is 15.3. The molecule has 0 aliphatic heterocycles. The van der Waals surface area contributed by atoms with E-state index >= 15 is 0 Å². The van der Waals surface area contributed by atoms with E-state index < -0.39 is 5.41 Å². The van der Waals surface area contributed by atoms with E-state index in [4.69, 9.17) is 9.97 Å². The van der Waals surface area contributed by atoms with Gasteiger partial charge in [0.2, 0.25) is 0 Å². The second kappa shape index (κ2) is 14.4. The van der Waals surface area contributed by atoms with E-state index in [2.05, 4.69) is 212 Å². The van der Waals surface area contributed by atoms with Crippen molar-refractivity contribution >= 4 is 10.8 Å². The van der Waals surface area contributed by atoms with Gasteiger partial charge in [0.1, 0.15) is 0 Å². The van der Waals surface area contributed by atoms with Crippen molar-refractivity contribution < 1.29 is 0 Å². The molecule has 59 heavy (non-hydrogen) atoms. The van der Waals surface area contributed by atoms with Gasteiger partial charge >= 0.3 is 0 Å². The van der Waals surface area contributed by atoms with E-state index in [0.29, 0.717) is 5.82 Å². The number of rotatable bonds is 7. The molecule has 11 rings (SSSR count). The maximum Gasteiger partial charge on any atom is 0.160 e. The lowest BCUT2D eigenvalue weighted by Gasteiger charge is -2.34. The third-order valence-electron chi connectivity index (χ3n) is 12.0. The minimum atomic E-state index is -0.468. The lowest BCUT2D eigenvalue weighted by Crippen LogP contribution is -2.28. The molecular formula is C57H38N2. The first-order valence-electron chi connectivity index (χ1n) is 20.2. The Morgan fingerprint density at radius 2 is 0.729 bits per heavy atom. The van der Waals surface area contributed by atoms with Crippen molar-refractivity contribution in [1.29, 1.82) is 0 Å². The molecule has 2 nitrogen and oxygen atoms in total. The third-order valence-corrected chi connectivity index (χ3v) is 12.0. The molecule has 2 heteroatoms.